The van der Waals surface area contributed by atoms with Crippen LogP contribution < -0.4 is 4.90 Å². The van der Waals surface area contributed by atoms with Gasteiger partial charge in [-0.3, -0.25) is 4.79 Å². The minimum atomic E-state index is 0.769. The molecule has 0 unspecified atom stereocenters. The number of morpholine rings is 1. The number of aldehydes is 1. The molecular formula is C14H19NO2. The summed E-state index contributed by atoms with van der Waals surface area (Å²) in [5.41, 5.74) is 4.37. The maximum Gasteiger partial charge on any atom is 0.150 e. The van der Waals surface area contributed by atoms with Gasteiger partial charge in [-0.1, -0.05) is 13.0 Å². The van der Waals surface area contributed by atoms with Gasteiger partial charge < -0.3 is 9.64 Å². The molecule has 2 rings (SSSR count). The molecule has 0 aliphatic carbocycles. The second kappa shape index (κ2) is 5.32. The number of rotatable bonds is 3. The van der Waals surface area contributed by atoms with Crippen molar-refractivity contribution in [2.24, 2.45) is 0 Å². The number of carbonyl (C=O) groups excluding carboxylic acids is 1. The fourth-order valence-corrected chi connectivity index (χ4v) is 2.33. The van der Waals surface area contributed by atoms with Gasteiger partial charge in [0.25, 0.3) is 0 Å². The third kappa shape index (κ3) is 2.50. The van der Waals surface area contributed by atoms with Crippen molar-refractivity contribution in [1.29, 1.82) is 0 Å². The van der Waals surface area contributed by atoms with Crippen LogP contribution in [0.3, 0.4) is 0 Å². The lowest BCUT2D eigenvalue weighted by molar-refractivity contribution is 0.112. The summed E-state index contributed by atoms with van der Waals surface area (Å²) in [7, 11) is 0. The normalized spacial score (nSPS) is 16.0. The number of nitrogens with zero attached hydrogens (tertiary/aromatic N) is 1. The Kier molecular flexibility index (Phi) is 3.79. The lowest BCUT2D eigenvalue weighted by Crippen LogP contribution is -2.36. The topological polar surface area (TPSA) is 29.5 Å². The quantitative estimate of drug-likeness (QED) is 0.750. The summed E-state index contributed by atoms with van der Waals surface area (Å²) >= 11 is 0. The molecule has 0 saturated carbocycles. The van der Waals surface area contributed by atoms with Gasteiger partial charge >= 0.3 is 0 Å². The second-order valence-corrected chi connectivity index (χ2v) is 4.41. The van der Waals surface area contributed by atoms with Crippen LogP contribution in [-0.4, -0.2) is 32.6 Å². The van der Waals surface area contributed by atoms with Crippen LogP contribution in [0.15, 0.2) is 12.1 Å². The van der Waals surface area contributed by atoms with Gasteiger partial charge in [0.2, 0.25) is 0 Å². The Morgan fingerprint density at radius 1 is 1.35 bits per heavy atom. The van der Waals surface area contributed by atoms with Crippen LogP contribution >= 0.6 is 0 Å². The molecule has 1 aliphatic rings. The summed E-state index contributed by atoms with van der Waals surface area (Å²) in [5, 5.41) is 0. The highest BCUT2D eigenvalue weighted by molar-refractivity contribution is 5.80. The minimum absolute atomic E-state index is 0.769. The average Bonchev–Trinajstić information content (AvgIpc) is 2.39. The summed E-state index contributed by atoms with van der Waals surface area (Å²) < 4.78 is 5.35. The lowest BCUT2D eigenvalue weighted by Gasteiger charge is -2.30. The molecule has 0 bridgehead atoms. The Morgan fingerprint density at radius 3 is 2.65 bits per heavy atom. The van der Waals surface area contributed by atoms with E-state index >= 15 is 0 Å². The third-order valence-corrected chi connectivity index (χ3v) is 3.32. The first kappa shape index (κ1) is 12.1. The molecular weight excluding hydrogens is 214 g/mol. The number of hydrogen-bond acceptors (Lipinski definition) is 3. The number of carbonyl (C=O) groups is 1. The zero-order chi connectivity index (χ0) is 12.3. The van der Waals surface area contributed by atoms with Crippen molar-refractivity contribution in [1.82, 2.24) is 0 Å². The van der Waals surface area contributed by atoms with Crippen molar-refractivity contribution >= 4 is 12.0 Å². The Hall–Kier alpha value is -1.35. The van der Waals surface area contributed by atoms with Crippen molar-refractivity contribution in [2.75, 3.05) is 31.2 Å². The van der Waals surface area contributed by atoms with Gasteiger partial charge in [0, 0.05) is 24.3 Å². The molecule has 0 spiro atoms. The van der Waals surface area contributed by atoms with Crippen LogP contribution in [0.5, 0.6) is 0 Å². The molecule has 0 amide bonds. The molecule has 1 fully saturated rings. The van der Waals surface area contributed by atoms with E-state index < -0.39 is 0 Å². The molecule has 17 heavy (non-hydrogen) atoms. The molecule has 1 saturated heterocycles. The predicted octanol–water partition coefficient (Wildman–Crippen LogP) is 2.21. The van der Waals surface area contributed by atoms with Crippen LogP contribution in [0, 0.1) is 6.92 Å². The maximum absolute atomic E-state index is 11.1. The molecule has 1 aromatic carbocycles. The van der Waals surface area contributed by atoms with E-state index in [2.05, 4.69) is 24.8 Å². The standard InChI is InChI=1S/C14H19NO2/c1-3-12-8-11(2)14(9-13(12)10-16)15-4-6-17-7-5-15/h8-10H,3-7H2,1-2H3. The summed E-state index contributed by atoms with van der Waals surface area (Å²) in [6.45, 7) is 7.54. The predicted molar refractivity (Wildman–Crippen MR) is 69.0 cm³/mol. The van der Waals surface area contributed by atoms with Gasteiger partial charge in [0.15, 0.2) is 0 Å². The first-order valence-electron chi connectivity index (χ1n) is 6.17. The molecule has 3 heteroatoms. The van der Waals surface area contributed by atoms with E-state index in [9.17, 15) is 4.79 Å². The largest absolute Gasteiger partial charge is 0.378 e. The Bertz CT molecular complexity index is 409. The van der Waals surface area contributed by atoms with Gasteiger partial charge in [0.05, 0.1) is 13.2 Å². The highest BCUT2D eigenvalue weighted by Gasteiger charge is 2.15. The van der Waals surface area contributed by atoms with E-state index in [1.165, 1.54) is 11.3 Å². The number of anilines is 1. The van der Waals surface area contributed by atoms with Crippen LogP contribution in [0.1, 0.15) is 28.4 Å². The molecule has 0 radical (unpaired) electrons. The molecule has 1 aromatic rings. The fourth-order valence-electron chi connectivity index (χ4n) is 2.33. The average molecular weight is 233 g/mol. The van der Waals surface area contributed by atoms with Crippen molar-refractivity contribution in [3.63, 3.8) is 0 Å². The van der Waals surface area contributed by atoms with Gasteiger partial charge in [-0.15, -0.1) is 0 Å². The second-order valence-electron chi connectivity index (χ2n) is 4.41. The van der Waals surface area contributed by atoms with Crippen LogP contribution in [-0.2, 0) is 11.2 Å². The zero-order valence-corrected chi connectivity index (χ0v) is 10.5. The van der Waals surface area contributed by atoms with Crippen LogP contribution in [0.25, 0.3) is 0 Å². The smallest absolute Gasteiger partial charge is 0.150 e. The monoisotopic (exact) mass is 233 g/mol. The molecule has 92 valence electrons. The van der Waals surface area contributed by atoms with E-state index in [1.54, 1.807) is 0 Å². The summed E-state index contributed by atoms with van der Waals surface area (Å²) in [6, 6.07) is 4.15. The SMILES string of the molecule is CCc1cc(C)c(N2CCOCC2)cc1C=O. The zero-order valence-electron chi connectivity index (χ0n) is 10.5. The molecule has 0 atom stereocenters. The van der Waals surface area contributed by atoms with Gasteiger partial charge in [-0.05, 0) is 30.5 Å². The van der Waals surface area contributed by atoms with Gasteiger partial charge in [0.1, 0.15) is 6.29 Å². The molecule has 0 aromatic heterocycles. The first-order chi connectivity index (χ1) is 8.26. The van der Waals surface area contributed by atoms with E-state index in [1.807, 2.05) is 6.07 Å². The van der Waals surface area contributed by atoms with Crippen molar-refractivity contribution in [3.8, 4) is 0 Å². The molecule has 1 aliphatic heterocycles. The molecule has 1 heterocycles. The van der Waals surface area contributed by atoms with Gasteiger partial charge in [-0.25, -0.2) is 0 Å². The molecule has 0 N–H and O–H groups in total. The van der Waals surface area contributed by atoms with Crippen molar-refractivity contribution < 1.29 is 9.53 Å². The van der Waals surface area contributed by atoms with E-state index in [-0.39, 0.29) is 0 Å². The molecule has 3 nitrogen and oxygen atoms in total. The van der Waals surface area contributed by atoms with Gasteiger partial charge in [-0.2, -0.15) is 0 Å². The van der Waals surface area contributed by atoms with Crippen LogP contribution in [0.2, 0.25) is 0 Å². The first-order valence-corrected chi connectivity index (χ1v) is 6.17. The summed E-state index contributed by atoms with van der Waals surface area (Å²) in [4.78, 5) is 13.4. The highest BCUT2D eigenvalue weighted by atomic mass is 16.5. The number of hydrogen-bond donors (Lipinski definition) is 0. The third-order valence-electron chi connectivity index (χ3n) is 3.32. The van der Waals surface area contributed by atoms with E-state index in [0.29, 0.717) is 0 Å². The number of aryl methyl sites for hydroxylation is 2. The highest BCUT2D eigenvalue weighted by Crippen LogP contribution is 2.25. The Balaban J connectivity index is 2.35. The summed E-state index contributed by atoms with van der Waals surface area (Å²) in [5.74, 6) is 0. The van der Waals surface area contributed by atoms with E-state index in [4.69, 9.17) is 4.74 Å². The lowest BCUT2D eigenvalue weighted by atomic mass is 10.0. The number of ether oxygens (including phenoxy) is 1. The van der Waals surface area contributed by atoms with Crippen LogP contribution in [0.4, 0.5) is 5.69 Å². The Labute approximate surface area is 102 Å². The summed E-state index contributed by atoms with van der Waals surface area (Å²) in [6.07, 6.45) is 1.86. The van der Waals surface area contributed by atoms with E-state index in [0.717, 1.165) is 50.1 Å². The van der Waals surface area contributed by atoms with Crippen molar-refractivity contribution in [3.05, 3.63) is 28.8 Å². The fraction of sp³-hybridized carbons (Fsp3) is 0.500. The van der Waals surface area contributed by atoms with Crippen molar-refractivity contribution in [2.45, 2.75) is 20.3 Å². The Morgan fingerprint density at radius 2 is 2.06 bits per heavy atom. The maximum atomic E-state index is 11.1. The number of benzene rings is 1. The minimum Gasteiger partial charge on any atom is -0.378 e.